The largest absolute Gasteiger partial charge is 0.492 e. The topological polar surface area (TPSA) is 54.9 Å². The molecule has 1 saturated heterocycles. The lowest BCUT2D eigenvalue weighted by Gasteiger charge is -2.37. The van der Waals surface area contributed by atoms with Crippen molar-refractivity contribution in [1.29, 1.82) is 0 Å². The molecule has 0 spiro atoms. The first-order chi connectivity index (χ1) is 12.4. The molecule has 3 aromatic rings. The van der Waals surface area contributed by atoms with E-state index in [1.165, 1.54) is 22.7 Å². The number of hydrogen-bond acceptors (Lipinski definition) is 4. The highest BCUT2D eigenvalue weighted by Gasteiger charge is 2.37. The Hall–Kier alpha value is -1.63. The number of hydrogen-bond donors (Lipinski definition) is 2. The van der Waals surface area contributed by atoms with Crippen LogP contribution < -0.4 is 4.90 Å². The summed E-state index contributed by atoms with van der Waals surface area (Å²) in [6.07, 6.45) is 1.25. The number of halogens is 1. The third-order valence-electron chi connectivity index (χ3n) is 5.22. The third-order valence-corrected chi connectivity index (χ3v) is 6.65. The van der Waals surface area contributed by atoms with Gasteiger partial charge in [-0.2, -0.15) is 4.52 Å². The van der Waals surface area contributed by atoms with Crippen LogP contribution in [0.2, 0.25) is 5.02 Å². The molecule has 1 fully saturated rings. The Morgan fingerprint density at radius 3 is 2.62 bits per heavy atom. The number of quaternary nitrogens is 1. The quantitative estimate of drug-likeness (QED) is 0.721. The zero-order chi connectivity index (χ0) is 18.4. The first kappa shape index (κ1) is 17.8. The fraction of sp³-hybridized carbons (Fsp3) is 0.474. The number of nitrogens with zero attached hydrogens (tertiary/aromatic N) is 3. The summed E-state index contributed by atoms with van der Waals surface area (Å²) in [4.78, 5) is 7.50. The highest BCUT2D eigenvalue weighted by atomic mass is 35.5. The Balaban J connectivity index is 1.85. The van der Waals surface area contributed by atoms with Crippen LogP contribution in [0.1, 0.15) is 42.6 Å². The lowest BCUT2D eigenvalue weighted by molar-refractivity contribution is -0.936. The minimum Gasteiger partial charge on any atom is -0.492 e. The average molecular weight is 392 g/mol. The highest BCUT2D eigenvalue weighted by Crippen LogP contribution is 2.37. The van der Waals surface area contributed by atoms with E-state index in [4.69, 9.17) is 11.6 Å². The Kier molecular flexibility index (Phi) is 4.67. The van der Waals surface area contributed by atoms with Gasteiger partial charge in [0.1, 0.15) is 10.7 Å². The molecule has 26 heavy (non-hydrogen) atoms. The summed E-state index contributed by atoms with van der Waals surface area (Å²) in [5, 5.41) is 16.0. The van der Waals surface area contributed by atoms with Crippen LogP contribution in [0.15, 0.2) is 24.3 Å². The van der Waals surface area contributed by atoms with Crippen LogP contribution in [0.3, 0.4) is 0 Å². The predicted molar refractivity (Wildman–Crippen MR) is 104 cm³/mol. The van der Waals surface area contributed by atoms with Crippen LogP contribution in [0, 0.1) is 18.8 Å². The summed E-state index contributed by atoms with van der Waals surface area (Å²) in [7, 11) is 0. The summed E-state index contributed by atoms with van der Waals surface area (Å²) in [5.74, 6) is 2.14. The van der Waals surface area contributed by atoms with Gasteiger partial charge in [0.15, 0.2) is 6.04 Å². The number of aromatic nitrogens is 3. The van der Waals surface area contributed by atoms with Gasteiger partial charge in [-0.3, -0.25) is 0 Å². The molecule has 1 aliphatic rings. The molecule has 5 nitrogen and oxygen atoms in total. The number of fused-ring (bicyclic) bond motifs is 1. The number of likely N-dealkylation sites (tertiary alicyclic amines) is 1. The Labute approximate surface area is 162 Å². The van der Waals surface area contributed by atoms with Crippen molar-refractivity contribution >= 4 is 27.9 Å². The van der Waals surface area contributed by atoms with E-state index >= 15 is 0 Å². The Morgan fingerprint density at radius 2 is 1.96 bits per heavy atom. The maximum atomic E-state index is 10.9. The van der Waals surface area contributed by atoms with Crippen LogP contribution in [0.4, 0.5) is 0 Å². The van der Waals surface area contributed by atoms with Gasteiger partial charge in [-0.15, -0.1) is 5.10 Å². The van der Waals surface area contributed by atoms with E-state index in [2.05, 4.69) is 30.0 Å². The minimum atomic E-state index is -0.0114. The van der Waals surface area contributed by atoms with Crippen LogP contribution in [0.5, 0.6) is 5.88 Å². The number of aromatic hydroxyl groups is 1. The van der Waals surface area contributed by atoms with Gasteiger partial charge in [-0.05, 0) is 19.4 Å². The van der Waals surface area contributed by atoms with E-state index < -0.39 is 0 Å². The molecule has 4 rings (SSSR count). The second kappa shape index (κ2) is 6.83. The molecule has 2 aromatic heterocycles. The molecule has 3 heterocycles. The van der Waals surface area contributed by atoms with Gasteiger partial charge < -0.3 is 10.0 Å². The maximum absolute atomic E-state index is 10.9. The van der Waals surface area contributed by atoms with E-state index in [9.17, 15) is 5.11 Å². The van der Waals surface area contributed by atoms with Gasteiger partial charge in [0.2, 0.25) is 10.8 Å². The fourth-order valence-electron chi connectivity index (χ4n) is 4.36. The molecule has 0 saturated carbocycles. The Bertz CT molecular complexity index is 927. The molecule has 7 heteroatoms. The van der Waals surface area contributed by atoms with E-state index in [0.717, 1.165) is 33.5 Å². The zero-order valence-corrected chi connectivity index (χ0v) is 16.8. The predicted octanol–water partition coefficient (Wildman–Crippen LogP) is 3.11. The van der Waals surface area contributed by atoms with Gasteiger partial charge in [-0.25, -0.2) is 4.98 Å². The van der Waals surface area contributed by atoms with Crippen LogP contribution >= 0.6 is 22.9 Å². The molecule has 0 amide bonds. The summed E-state index contributed by atoms with van der Waals surface area (Å²) in [6.45, 7) is 8.58. The van der Waals surface area contributed by atoms with Crippen molar-refractivity contribution in [1.82, 2.24) is 14.6 Å². The van der Waals surface area contributed by atoms with Crippen molar-refractivity contribution in [2.75, 3.05) is 13.1 Å². The zero-order valence-electron chi connectivity index (χ0n) is 15.2. The molecular weight excluding hydrogens is 368 g/mol. The van der Waals surface area contributed by atoms with Crippen molar-refractivity contribution in [2.45, 2.75) is 33.2 Å². The number of rotatable bonds is 3. The summed E-state index contributed by atoms with van der Waals surface area (Å²) < 4.78 is 1.55. The van der Waals surface area contributed by atoms with Crippen LogP contribution in [-0.4, -0.2) is 32.8 Å². The van der Waals surface area contributed by atoms with E-state index in [1.807, 2.05) is 25.1 Å². The van der Waals surface area contributed by atoms with E-state index in [-0.39, 0.29) is 11.9 Å². The van der Waals surface area contributed by atoms with Crippen molar-refractivity contribution in [3.05, 3.63) is 45.6 Å². The first-order valence-electron chi connectivity index (χ1n) is 9.08. The highest BCUT2D eigenvalue weighted by molar-refractivity contribution is 7.17. The van der Waals surface area contributed by atoms with Gasteiger partial charge in [-0.1, -0.05) is 55.0 Å². The summed E-state index contributed by atoms with van der Waals surface area (Å²) in [5.41, 5.74) is 1.06. The van der Waals surface area contributed by atoms with Gasteiger partial charge >= 0.3 is 0 Å². The standard InChI is InChI=1S/C19H23ClN4OS/c1-11-8-12(2)10-23(9-11)16(14-6-4-5-7-15(14)20)17-18(25)24-19(26-17)21-13(3)22-24/h4-7,11-12,16,25H,8-10H2,1-3H3/p+1/t11-,12+,16-/m1/s1. The van der Waals surface area contributed by atoms with Gasteiger partial charge in [0, 0.05) is 17.4 Å². The molecule has 1 aliphatic heterocycles. The number of thiazole rings is 1. The molecule has 0 radical (unpaired) electrons. The average Bonchev–Trinajstić information content (AvgIpc) is 3.07. The lowest BCUT2D eigenvalue weighted by atomic mass is 9.89. The van der Waals surface area contributed by atoms with Crippen molar-refractivity contribution in [2.24, 2.45) is 11.8 Å². The SMILES string of the molecule is Cc1nc2sc([C@@H](c3ccccc3Cl)[NH+]3C[C@H](C)C[C@H](C)C3)c(O)n2n1. The monoisotopic (exact) mass is 391 g/mol. The normalized spacial score (nSPS) is 24.8. The fourth-order valence-corrected chi connectivity index (χ4v) is 5.78. The molecule has 1 unspecified atom stereocenters. The van der Waals surface area contributed by atoms with Crippen LogP contribution in [0.25, 0.3) is 4.96 Å². The molecule has 2 N–H and O–H groups in total. The van der Waals surface area contributed by atoms with Gasteiger partial charge in [0.05, 0.1) is 18.1 Å². The number of aryl methyl sites for hydroxylation is 1. The van der Waals surface area contributed by atoms with Crippen LogP contribution in [-0.2, 0) is 0 Å². The molecule has 0 aliphatic carbocycles. The lowest BCUT2D eigenvalue weighted by Crippen LogP contribution is -3.14. The second-order valence-electron chi connectivity index (χ2n) is 7.61. The second-order valence-corrected chi connectivity index (χ2v) is 9.03. The van der Waals surface area contributed by atoms with Gasteiger partial charge in [0.25, 0.3) is 0 Å². The van der Waals surface area contributed by atoms with E-state index in [0.29, 0.717) is 17.7 Å². The molecule has 0 bridgehead atoms. The van der Waals surface area contributed by atoms with E-state index in [1.54, 1.807) is 4.52 Å². The summed E-state index contributed by atoms with van der Waals surface area (Å²) >= 11 is 8.10. The molecule has 4 atom stereocenters. The Morgan fingerprint density at radius 1 is 1.27 bits per heavy atom. The molecular formula is C19H24ClN4OS+. The molecule has 138 valence electrons. The smallest absolute Gasteiger partial charge is 0.235 e. The van der Waals surface area contributed by atoms with Crippen molar-refractivity contribution < 1.29 is 10.0 Å². The number of nitrogens with one attached hydrogen (secondary N) is 1. The minimum absolute atomic E-state index is 0.0114. The molecule has 1 aromatic carbocycles. The summed E-state index contributed by atoms with van der Waals surface area (Å²) in [6, 6.07) is 7.96. The third kappa shape index (κ3) is 3.10. The van der Waals surface area contributed by atoms with Crippen molar-refractivity contribution in [3.8, 4) is 5.88 Å². The number of benzene rings is 1. The number of piperidine rings is 1. The van der Waals surface area contributed by atoms with Crippen molar-refractivity contribution in [3.63, 3.8) is 0 Å². The maximum Gasteiger partial charge on any atom is 0.235 e. The first-order valence-corrected chi connectivity index (χ1v) is 10.3.